The molecule has 1 atom stereocenters. The Morgan fingerprint density at radius 1 is 1.04 bits per heavy atom. The molecule has 2 aromatic rings. The van der Waals surface area contributed by atoms with Crippen LogP contribution in [0.15, 0.2) is 42.7 Å². The summed E-state index contributed by atoms with van der Waals surface area (Å²) in [5, 5.41) is 3.46. The van der Waals surface area contributed by atoms with Gasteiger partial charge in [-0.15, -0.1) is 0 Å². The van der Waals surface area contributed by atoms with Crippen molar-refractivity contribution in [2.24, 2.45) is 0 Å². The van der Waals surface area contributed by atoms with Crippen molar-refractivity contribution < 1.29 is 4.74 Å². The molecule has 144 valence electrons. The number of piperazine rings is 1. The quantitative estimate of drug-likeness (QED) is 0.810. The van der Waals surface area contributed by atoms with Crippen LogP contribution in [0.2, 0.25) is 0 Å². The zero-order chi connectivity index (χ0) is 18.3. The van der Waals surface area contributed by atoms with Crippen molar-refractivity contribution in [2.45, 2.75) is 18.9 Å². The maximum Gasteiger partial charge on any atom is 0.129 e. The zero-order valence-corrected chi connectivity index (χ0v) is 15.9. The van der Waals surface area contributed by atoms with Crippen LogP contribution in [0.4, 0.5) is 5.82 Å². The summed E-state index contributed by atoms with van der Waals surface area (Å²) >= 11 is 0. The number of nitrogens with zero attached hydrogens (tertiary/aromatic N) is 4. The summed E-state index contributed by atoms with van der Waals surface area (Å²) in [5.41, 5.74) is 2.50. The smallest absolute Gasteiger partial charge is 0.129 e. The number of hydrogen-bond donors (Lipinski definition) is 1. The van der Waals surface area contributed by atoms with Crippen molar-refractivity contribution in [3.8, 4) is 0 Å². The van der Waals surface area contributed by atoms with Crippen LogP contribution in [0.1, 0.15) is 23.6 Å². The summed E-state index contributed by atoms with van der Waals surface area (Å²) in [6.45, 7) is 9.16. The van der Waals surface area contributed by atoms with Gasteiger partial charge in [-0.3, -0.25) is 9.80 Å². The van der Waals surface area contributed by atoms with Gasteiger partial charge >= 0.3 is 0 Å². The molecular weight excluding hydrogens is 338 g/mol. The number of hydrogen-bond acceptors (Lipinski definition) is 6. The molecule has 27 heavy (non-hydrogen) atoms. The molecule has 2 aliphatic rings. The Labute approximate surface area is 161 Å². The lowest BCUT2D eigenvalue weighted by atomic mass is 10.1. The summed E-state index contributed by atoms with van der Waals surface area (Å²) in [4.78, 5) is 13.8. The first-order valence-corrected chi connectivity index (χ1v) is 9.99. The fourth-order valence-corrected chi connectivity index (χ4v) is 3.81. The van der Waals surface area contributed by atoms with Gasteiger partial charge in [0.15, 0.2) is 0 Å². The van der Waals surface area contributed by atoms with Gasteiger partial charge < -0.3 is 10.1 Å². The van der Waals surface area contributed by atoms with Crippen LogP contribution in [0.5, 0.6) is 0 Å². The van der Waals surface area contributed by atoms with Crippen LogP contribution in [-0.4, -0.2) is 72.3 Å². The molecule has 6 heteroatoms. The van der Waals surface area contributed by atoms with Crippen molar-refractivity contribution in [3.05, 3.63) is 54.0 Å². The van der Waals surface area contributed by atoms with Crippen LogP contribution in [-0.2, 0) is 11.3 Å². The topological polar surface area (TPSA) is 53.5 Å². The zero-order valence-electron chi connectivity index (χ0n) is 15.9. The molecule has 2 saturated heterocycles. The van der Waals surface area contributed by atoms with Crippen molar-refractivity contribution in [3.63, 3.8) is 0 Å². The van der Waals surface area contributed by atoms with E-state index in [1.165, 1.54) is 5.56 Å². The second-order valence-corrected chi connectivity index (χ2v) is 7.42. The summed E-state index contributed by atoms with van der Waals surface area (Å²) in [6, 6.07) is 12.8. The van der Waals surface area contributed by atoms with E-state index in [1.54, 1.807) is 6.33 Å². The fraction of sp³-hybridized carbons (Fsp3) is 0.524. The Balaban J connectivity index is 1.18. The van der Waals surface area contributed by atoms with E-state index in [0.29, 0.717) is 5.92 Å². The molecule has 0 bridgehead atoms. The van der Waals surface area contributed by atoms with E-state index < -0.39 is 0 Å². The largest absolute Gasteiger partial charge is 0.381 e. The molecule has 1 unspecified atom stereocenters. The number of benzene rings is 1. The highest BCUT2D eigenvalue weighted by Gasteiger charge is 2.20. The Bertz CT molecular complexity index is 697. The minimum Gasteiger partial charge on any atom is -0.381 e. The molecule has 6 nitrogen and oxygen atoms in total. The lowest BCUT2D eigenvalue weighted by molar-refractivity contribution is 0.130. The average molecular weight is 367 g/mol. The van der Waals surface area contributed by atoms with Gasteiger partial charge in [0.1, 0.15) is 12.1 Å². The van der Waals surface area contributed by atoms with Crippen molar-refractivity contribution in [1.29, 1.82) is 0 Å². The predicted molar refractivity (Wildman–Crippen MR) is 107 cm³/mol. The first kappa shape index (κ1) is 18.3. The second-order valence-electron chi connectivity index (χ2n) is 7.42. The van der Waals surface area contributed by atoms with Gasteiger partial charge in [-0.2, -0.15) is 0 Å². The Hall–Kier alpha value is -2.02. The second kappa shape index (κ2) is 9.26. The maximum atomic E-state index is 5.47. The van der Waals surface area contributed by atoms with Gasteiger partial charge in [-0.05, 0) is 12.0 Å². The highest BCUT2D eigenvalue weighted by molar-refractivity contribution is 5.36. The van der Waals surface area contributed by atoms with Gasteiger partial charge in [-0.25, -0.2) is 9.97 Å². The normalized spacial score (nSPS) is 21.4. The highest BCUT2D eigenvalue weighted by atomic mass is 16.5. The fourth-order valence-electron chi connectivity index (χ4n) is 3.81. The van der Waals surface area contributed by atoms with Crippen LogP contribution >= 0.6 is 0 Å². The molecule has 0 saturated carbocycles. The number of anilines is 1. The number of ether oxygens (including phenoxy) is 1. The summed E-state index contributed by atoms with van der Waals surface area (Å²) in [7, 11) is 0. The lowest BCUT2D eigenvalue weighted by Gasteiger charge is -2.34. The molecular formula is C21H29N5O. The molecule has 1 N–H and O–H groups in total. The third kappa shape index (κ3) is 5.25. The number of rotatable bonds is 7. The van der Waals surface area contributed by atoms with Crippen LogP contribution in [0.3, 0.4) is 0 Å². The predicted octanol–water partition coefficient (Wildman–Crippen LogP) is 2.21. The molecule has 0 amide bonds. The van der Waals surface area contributed by atoms with Crippen molar-refractivity contribution in [1.82, 2.24) is 19.8 Å². The highest BCUT2D eigenvalue weighted by Crippen LogP contribution is 2.24. The van der Waals surface area contributed by atoms with E-state index in [4.69, 9.17) is 4.74 Å². The Kier molecular flexibility index (Phi) is 6.29. The first-order chi connectivity index (χ1) is 13.4. The van der Waals surface area contributed by atoms with Gasteiger partial charge in [0.2, 0.25) is 0 Å². The molecule has 4 rings (SSSR count). The van der Waals surface area contributed by atoms with E-state index in [0.717, 1.165) is 77.0 Å². The minimum absolute atomic E-state index is 0.422. The molecule has 2 fully saturated rings. The van der Waals surface area contributed by atoms with Crippen LogP contribution < -0.4 is 5.32 Å². The monoisotopic (exact) mass is 367 g/mol. The van der Waals surface area contributed by atoms with Gasteiger partial charge in [0.25, 0.3) is 0 Å². The SMILES string of the molecule is c1ccc(CN2CCN(CCNc3cc(C4CCOC4)ncn3)CC2)cc1. The van der Waals surface area contributed by atoms with E-state index in [2.05, 4.69) is 61.5 Å². The Morgan fingerprint density at radius 3 is 2.63 bits per heavy atom. The van der Waals surface area contributed by atoms with Gasteiger partial charge in [0, 0.05) is 64.4 Å². The molecule has 1 aromatic heterocycles. The van der Waals surface area contributed by atoms with Crippen LogP contribution in [0, 0.1) is 0 Å². The number of nitrogens with one attached hydrogen (secondary N) is 1. The summed E-state index contributed by atoms with van der Waals surface area (Å²) < 4.78 is 5.47. The van der Waals surface area contributed by atoms with Gasteiger partial charge in [-0.1, -0.05) is 30.3 Å². The molecule has 3 heterocycles. The first-order valence-electron chi connectivity index (χ1n) is 9.99. The third-order valence-corrected chi connectivity index (χ3v) is 5.48. The Morgan fingerprint density at radius 2 is 1.85 bits per heavy atom. The third-order valence-electron chi connectivity index (χ3n) is 5.48. The molecule has 1 aromatic carbocycles. The van der Waals surface area contributed by atoms with Crippen molar-refractivity contribution >= 4 is 5.82 Å². The van der Waals surface area contributed by atoms with E-state index >= 15 is 0 Å². The molecule has 2 aliphatic heterocycles. The van der Waals surface area contributed by atoms with E-state index in [-0.39, 0.29) is 0 Å². The molecule has 0 spiro atoms. The lowest BCUT2D eigenvalue weighted by Crippen LogP contribution is -2.47. The summed E-state index contributed by atoms with van der Waals surface area (Å²) in [6.07, 6.45) is 2.72. The summed E-state index contributed by atoms with van der Waals surface area (Å²) in [5.74, 6) is 1.35. The van der Waals surface area contributed by atoms with Crippen LogP contribution in [0.25, 0.3) is 0 Å². The number of aromatic nitrogens is 2. The minimum atomic E-state index is 0.422. The molecule has 0 radical (unpaired) electrons. The van der Waals surface area contributed by atoms with Gasteiger partial charge in [0.05, 0.1) is 12.3 Å². The maximum absolute atomic E-state index is 5.47. The molecule has 0 aliphatic carbocycles. The average Bonchev–Trinajstić information content (AvgIpc) is 3.25. The van der Waals surface area contributed by atoms with Crippen molar-refractivity contribution in [2.75, 3.05) is 57.8 Å². The van der Waals surface area contributed by atoms with E-state index in [1.807, 2.05) is 0 Å². The van der Waals surface area contributed by atoms with E-state index in [9.17, 15) is 0 Å². The standard InChI is InChI=1S/C21H29N5O/c1-2-4-18(5-3-1)15-26-11-9-25(10-12-26)8-7-22-21-14-20(23-17-24-21)19-6-13-27-16-19/h1-5,14,17,19H,6-13,15-16H2,(H,22,23,24).